The van der Waals surface area contributed by atoms with Crippen molar-refractivity contribution in [3.8, 4) is 0 Å². The van der Waals surface area contributed by atoms with Gasteiger partial charge in [-0.15, -0.1) is 13.2 Å². The van der Waals surface area contributed by atoms with Crippen LogP contribution in [0.1, 0.15) is 17.4 Å². The molecule has 0 fully saturated rings. The minimum atomic E-state index is -1.01. The number of aliphatic hydroxyl groups excluding tert-OH is 1. The zero-order valence-electron chi connectivity index (χ0n) is 22.7. The van der Waals surface area contributed by atoms with E-state index in [1.807, 2.05) is 51.8 Å². The fourth-order valence-corrected chi connectivity index (χ4v) is 5.55. The molecule has 1 unspecified atom stereocenters. The predicted octanol–water partition coefficient (Wildman–Crippen LogP) is 5.22. The second-order valence-electron chi connectivity index (χ2n) is 9.77. The van der Waals surface area contributed by atoms with E-state index in [4.69, 9.17) is 21.6 Å². The summed E-state index contributed by atoms with van der Waals surface area (Å²) in [4.78, 5) is 26.9. The van der Waals surface area contributed by atoms with Gasteiger partial charge in [-0.3, -0.25) is 4.79 Å². The second kappa shape index (κ2) is 10.3. The van der Waals surface area contributed by atoms with Crippen molar-refractivity contribution in [1.82, 2.24) is 24.1 Å². The van der Waals surface area contributed by atoms with Crippen LogP contribution >= 0.6 is 11.6 Å². The number of aliphatic hydroxyl groups is 1. The smallest absolute Gasteiger partial charge is 0.282 e. The van der Waals surface area contributed by atoms with E-state index >= 15 is 0 Å². The highest BCUT2D eigenvalue weighted by Crippen LogP contribution is 2.40. The van der Waals surface area contributed by atoms with Gasteiger partial charge in [0.2, 0.25) is 0 Å². The van der Waals surface area contributed by atoms with Crippen LogP contribution in [0.25, 0.3) is 27.6 Å². The first-order valence-electron chi connectivity index (χ1n) is 13.1. The molecule has 1 aliphatic heterocycles. The van der Waals surface area contributed by atoms with Crippen molar-refractivity contribution in [1.29, 1.82) is 0 Å². The maximum atomic E-state index is 13.2. The Morgan fingerprint density at radius 1 is 1.02 bits per heavy atom. The van der Waals surface area contributed by atoms with E-state index in [0.29, 0.717) is 57.6 Å². The van der Waals surface area contributed by atoms with Gasteiger partial charge >= 0.3 is 0 Å². The fraction of sp³-hybridized carbons (Fsp3) is 0.161. The van der Waals surface area contributed by atoms with Crippen molar-refractivity contribution in [2.45, 2.75) is 13.0 Å². The average molecular weight is 566 g/mol. The third-order valence-electron chi connectivity index (χ3n) is 7.20. The van der Waals surface area contributed by atoms with Crippen molar-refractivity contribution in [3.05, 3.63) is 118 Å². The second-order valence-corrected chi connectivity index (χ2v) is 10.2. The molecule has 9 nitrogen and oxygen atoms in total. The van der Waals surface area contributed by atoms with E-state index in [2.05, 4.69) is 18.3 Å². The minimum Gasteiger partial charge on any atom is -0.384 e. The molecule has 2 aromatic carbocycles. The molecule has 0 saturated carbocycles. The van der Waals surface area contributed by atoms with E-state index in [-0.39, 0.29) is 5.56 Å². The molecule has 0 amide bonds. The Kier molecular flexibility index (Phi) is 6.69. The lowest BCUT2D eigenvalue weighted by Crippen LogP contribution is -2.28. The van der Waals surface area contributed by atoms with Crippen LogP contribution in [-0.2, 0) is 7.05 Å². The molecule has 41 heavy (non-hydrogen) atoms. The Hall–Kier alpha value is -4.73. The SMILES string of the molecule is C=CCN1/C(=C/C=C/C(O)c2c(C)nn3c(=O)c4ccccc4n(C)c23)N(CC=C)c2nc3cc(Cl)ccc3nc21. The fourth-order valence-electron chi connectivity index (χ4n) is 5.39. The number of aromatic nitrogens is 5. The van der Waals surface area contributed by atoms with Gasteiger partial charge in [0.15, 0.2) is 11.6 Å². The highest BCUT2D eigenvalue weighted by Gasteiger charge is 2.33. The molecule has 1 aliphatic rings. The molecule has 1 N–H and O–H groups in total. The molecular formula is C31H28ClN7O2. The Balaban J connectivity index is 1.42. The normalized spacial score (nSPS) is 15.1. The molecule has 1 atom stereocenters. The molecule has 0 spiro atoms. The quantitative estimate of drug-likeness (QED) is 0.270. The van der Waals surface area contributed by atoms with Crippen molar-refractivity contribution in [3.63, 3.8) is 0 Å². The van der Waals surface area contributed by atoms with E-state index in [1.54, 1.807) is 49.4 Å². The van der Waals surface area contributed by atoms with Crippen molar-refractivity contribution in [2.24, 2.45) is 7.05 Å². The number of fused-ring (bicyclic) bond motifs is 4. The van der Waals surface area contributed by atoms with Crippen LogP contribution in [-0.4, -0.2) is 42.3 Å². The zero-order valence-corrected chi connectivity index (χ0v) is 23.5. The molecule has 3 aromatic heterocycles. The highest BCUT2D eigenvalue weighted by atomic mass is 35.5. The molecule has 10 heteroatoms. The Bertz CT molecular complexity index is 1990. The van der Waals surface area contributed by atoms with Gasteiger partial charge in [0.1, 0.15) is 17.6 Å². The van der Waals surface area contributed by atoms with E-state index in [1.165, 1.54) is 4.52 Å². The molecule has 5 aromatic rings. The van der Waals surface area contributed by atoms with Crippen LogP contribution in [0.2, 0.25) is 5.02 Å². The minimum absolute atomic E-state index is 0.223. The lowest BCUT2D eigenvalue weighted by molar-refractivity contribution is 0.229. The van der Waals surface area contributed by atoms with Crippen molar-refractivity contribution in [2.75, 3.05) is 22.9 Å². The summed E-state index contributed by atoms with van der Waals surface area (Å²) in [5, 5.41) is 17.0. The number of hydrogen-bond acceptors (Lipinski definition) is 7. The largest absolute Gasteiger partial charge is 0.384 e. The first kappa shape index (κ1) is 26.5. The molecule has 6 rings (SSSR count). The monoisotopic (exact) mass is 565 g/mol. The van der Waals surface area contributed by atoms with Crippen LogP contribution in [0, 0.1) is 6.92 Å². The molecule has 0 bridgehead atoms. The summed E-state index contributed by atoms with van der Waals surface area (Å²) in [5.41, 5.74) is 3.65. The van der Waals surface area contributed by atoms with E-state index in [9.17, 15) is 9.90 Å². The van der Waals surface area contributed by atoms with Crippen LogP contribution in [0.15, 0.2) is 96.6 Å². The number of aryl methyl sites for hydroxylation is 2. The number of halogens is 1. The molecule has 0 aliphatic carbocycles. The van der Waals surface area contributed by atoms with Gasteiger partial charge in [-0.1, -0.05) is 48.0 Å². The summed E-state index contributed by atoms with van der Waals surface area (Å²) in [6.07, 6.45) is 7.94. The molecular weight excluding hydrogens is 538 g/mol. The van der Waals surface area contributed by atoms with Crippen molar-refractivity contribution >= 4 is 50.8 Å². The maximum absolute atomic E-state index is 13.2. The third kappa shape index (κ3) is 4.30. The van der Waals surface area contributed by atoms with Crippen LogP contribution in [0.4, 0.5) is 11.6 Å². The number of para-hydroxylation sites is 1. The standard InChI is InChI=1S/C31H28ClN7O2/c1-5-16-37-26(38(17-6-2)29-28(37)33-22-15-14-20(32)18-23(22)34-29)13-9-12-25(40)27-19(3)35-39-30(27)36(4)24-11-8-7-10-21(24)31(39)41/h5-15,18,25,40H,1-2,16-17H2,3-4H3/b12-9+,26-13-. The summed E-state index contributed by atoms with van der Waals surface area (Å²) in [5.74, 6) is 2.18. The predicted molar refractivity (Wildman–Crippen MR) is 164 cm³/mol. The van der Waals surface area contributed by atoms with Crippen molar-refractivity contribution < 1.29 is 5.11 Å². The summed E-state index contributed by atoms with van der Waals surface area (Å²) in [6, 6.07) is 12.8. The van der Waals surface area contributed by atoms with Gasteiger partial charge in [-0.25, -0.2) is 9.97 Å². The topological polar surface area (TPSA) is 91.8 Å². The van der Waals surface area contributed by atoms with Gasteiger partial charge < -0.3 is 19.5 Å². The van der Waals surface area contributed by atoms with Gasteiger partial charge in [-0.2, -0.15) is 9.61 Å². The molecule has 0 saturated heterocycles. The maximum Gasteiger partial charge on any atom is 0.282 e. The Morgan fingerprint density at radius 3 is 2.41 bits per heavy atom. The number of anilines is 2. The zero-order chi connectivity index (χ0) is 28.8. The molecule has 0 radical (unpaired) electrons. The summed E-state index contributed by atoms with van der Waals surface area (Å²) in [6.45, 7) is 10.6. The number of nitrogens with zero attached hydrogens (tertiary/aromatic N) is 7. The molecule has 206 valence electrons. The van der Waals surface area contributed by atoms with E-state index in [0.717, 1.165) is 16.9 Å². The summed E-state index contributed by atoms with van der Waals surface area (Å²) < 4.78 is 3.25. The number of rotatable bonds is 7. The first-order chi connectivity index (χ1) is 19.8. The number of hydrogen-bond donors (Lipinski definition) is 1. The summed E-state index contributed by atoms with van der Waals surface area (Å²) in [7, 11) is 1.87. The average Bonchev–Trinajstić information content (AvgIpc) is 3.45. The van der Waals surface area contributed by atoms with Crippen LogP contribution < -0.4 is 15.4 Å². The lowest BCUT2D eigenvalue weighted by Gasteiger charge is -2.22. The van der Waals surface area contributed by atoms with Gasteiger partial charge in [0.05, 0.1) is 33.2 Å². The third-order valence-corrected chi connectivity index (χ3v) is 7.43. The highest BCUT2D eigenvalue weighted by molar-refractivity contribution is 6.31. The van der Waals surface area contributed by atoms with Crippen LogP contribution in [0.5, 0.6) is 0 Å². The first-order valence-corrected chi connectivity index (χ1v) is 13.5. The lowest BCUT2D eigenvalue weighted by atomic mass is 10.1. The Labute approximate surface area is 241 Å². The Morgan fingerprint density at radius 2 is 1.71 bits per heavy atom. The number of benzene rings is 2. The van der Waals surface area contributed by atoms with Gasteiger partial charge in [0, 0.05) is 25.2 Å². The number of allylic oxidation sites excluding steroid dienone is 2. The van der Waals surface area contributed by atoms with Gasteiger partial charge in [0.25, 0.3) is 5.56 Å². The van der Waals surface area contributed by atoms with Crippen LogP contribution in [0.3, 0.4) is 0 Å². The molecule has 4 heterocycles. The van der Waals surface area contributed by atoms with E-state index < -0.39 is 6.10 Å². The summed E-state index contributed by atoms with van der Waals surface area (Å²) >= 11 is 6.22. The van der Waals surface area contributed by atoms with Gasteiger partial charge in [-0.05, 0) is 43.3 Å².